The maximum absolute atomic E-state index is 12.7. The number of benzene rings is 3. The number of aryl methyl sites for hydroxylation is 2. The van der Waals surface area contributed by atoms with E-state index in [0.717, 1.165) is 11.3 Å². The molecular weight excluding hydrogens is 476 g/mol. The minimum Gasteiger partial charge on any atom is -0.273 e. The zero-order chi connectivity index (χ0) is 23.4. The van der Waals surface area contributed by atoms with E-state index in [1.54, 1.807) is 30.3 Å². The van der Waals surface area contributed by atoms with Crippen molar-refractivity contribution >= 4 is 33.4 Å². The predicted molar refractivity (Wildman–Crippen MR) is 132 cm³/mol. The number of hydrogen-bond acceptors (Lipinski definition) is 5. The van der Waals surface area contributed by atoms with Crippen molar-refractivity contribution in [2.45, 2.75) is 36.2 Å². The van der Waals surface area contributed by atoms with Crippen molar-refractivity contribution in [3.8, 4) is 5.69 Å². The second-order valence-corrected chi connectivity index (χ2v) is 10.7. The van der Waals surface area contributed by atoms with Crippen molar-refractivity contribution in [2.24, 2.45) is 0 Å². The van der Waals surface area contributed by atoms with Gasteiger partial charge in [0, 0.05) is 10.8 Å². The summed E-state index contributed by atoms with van der Waals surface area (Å²) in [6.07, 6.45) is 0. The van der Waals surface area contributed by atoms with Gasteiger partial charge in [-0.05, 0) is 49.2 Å². The van der Waals surface area contributed by atoms with Gasteiger partial charge in [0.2, 0.25) is 10.0 Å². The molecular formula is C24H23ClN4O2S2. The molecule has 0 aliphatic heterocycles. The summed E-state index contributed by atoms with van der Waals surface area (Å²) in [5, 5.41) is 9.93. The van der Waals surface area contributed by atoms with Gasteiger partial charge in [-0.15, -0.1) is 10.2 Å². The molecule has 1 N–H and O–H groups in total. The number of aromatic nitrogens is 3. The largest absolute Gasteiger partial charge is 0.273 e. The molecule has 0 radical (unpaired) electrons. The van der Waals surface area contributed by atoms with Gasteiger partial charge in [0.1, 0.15) is 0 Å². The number of nitrogens with zero attached hydrogens (tertiary/aromatic N) is 3. The SMILES string of the molecule is Cc1cccc(CSc2nnc(CNS(=O)(=O)c3ccccc3)n2-c2cc(Cl)ccc2C)c1. The summed E-state index contributed by atoms with van der Waals surface area (Å²) in [5.74, 6) is 1.18. The Morgan fingerprint density at radius 3 is 2.52 bits per heavy atom. The van der Waals surface area contributed by atoms with Crippen molar-refractivity contribution in [1.29, 1.82) is 0 Å². The molecule has 0 spiro atoms. The van der Waals surface area contributed by atoms with Crippen LogP contribution in [0.1, 0.15) is 22.5 Å². The summed E-state index contributed by atoms with van der Waals surface area (Å²) < 4.78 is 30.0. The third kappa shape index (κ3) is 5.65. The van der Waals surface area contributed by atoms with Crippen LogP contribution >= 0.6 is 23.4 Å². The number of nitrogens with one attached hydrogen (secondary N) is 1. The summed E-state index contributed by atoms with van der Waals surface area (Å²) in [5.41, 5.74) is 4.15. The highest BCUT2D eigenvalue weighted by atomic mass is 35.5. The Morgan fingerprint density at radius 2 is 1.76 bits per heavy atom. The van der Waals surface area contributed by atoms with Gasteiger partial charge in [0.05, 0.1) is 17.1 Å². The van der Waals surface area contributed by atoms with E-state index in [-0.39, 0.29) is 11.4 Å². The number of thioether (sulfide) groups is 1. The molecule has 170 valence electrons. The Hall–Kier alpha value is -2.65. The lowest BCUT2D eigenvalue weighted by molar-refractivity contribution is 0.578. The molecule has 6 nitrogen and oxygen atoms in total. The second-order valence-electron chi connectivity index (χ2n) is 7.58. The van der Waals surface area contributed by atoms with Crippen LogP contribution in [-0.4, -0.2) is 23.2 Å². The molecule has 0 aliphatic rings. The highest BCUT2D eigenvalue weighted by molar-refractivity contribution is 7.98. The molecule has 3 aromatic carbocycles. The lowest BCUT2D eigenvalue weighted by Gasteiger charge is -2.14. The van der Waals surface area contributed by atoms with Gasteiger partial charge in [-0.1, -0.05) is 77.5 Å². The molecule has 4 rings (SSSR count). The lowest BCUT2D eigenvalue weighted by atomic mass is 10.2. The fraction of sp³-hybridized carbons (Fsp3) is 0.167. The van der Waals surface area contributed by atoms with E-state index in [9.17, 15) is 8.42 Å². The van der Waals surface area contributed by atoms with E-state index in [4.69, 9.17) is 11.6 Å². The molecule has 0 fully saturated rings. The molecule has 1 aromatic heterocycles. The standard InChI is InChI=1S/C24H23ClN4O2S2/c1-17-7-6-8-19(13-17)16-32-24-28-27-23(29(24)22-14-20(25)12-11-18(22)2)15-26-33(30,31)21-9-4-3-5-10-21/h3-14,26H,15-16H2,1-2H3. The first-order valence-corrected chi connectivity index (χ1v) is 13.1. The van der Waals surface area contributed by atoms with E-state index < -0.39 is 10.0 Å². The van der Waals surface area contributed by atoms with Gasteiger partial charge >= 0.3 is 0 Å². The van der Waals surface area contributed by atoms with Crippen LogP contribution in [0.5, 0.6) is 0 Å². The van der Waals surface area contributed by atoms with Crippen LogP contribution in [0.25, 0.3) is 5.69 Å². The zero-order valence-electron chi connectivity index (χ0n) is 18.2. The van der Waals surface area contributed by atoms with Crippen molar-refractivity contribution in [2.75, 3.05) is 0 Å². The first kappa shape index (κ1) is 23.5. The number of hydrogen-bond donors (Lipinski definition) is 1. The Labute approximate surface area is 203 Å². The van der Waals surface area contributed by atoms with E-state index in [1.165, 1.54) is 22.9 Å². The molecule has 9 heteroatoms. The highest BCUT2D eigenvalue weighted by Crippen LogP contribution is 2.29. The summed E-state index contributed by atoms with van der Waals surface area (Å²) in [4.78, 5) is 0.198. The highest BCUT2D eigenvalue weighted by Gasteiger charge is 2.20. The van der Waals surface area contributed by atoms with Crippen LogP contribution in [-0.2, 0) is 22.3 Å². The first-order chi connectivity index (χ1) is 15.8. The van der Waals surface area contributed by atoms with Gasteiger partial charge < -0.3 is 0 Å². The average molecular weight is 499 g/mol. The second kappa shape index (κ2) is 10.1. The van der Waals surface area contributed by atoms with Crippen molar-refractivity contribution in [1.82, 2.24) is 19.5 Å². The van der Waals surface area contributed by atoms with Crippen LogP contribution in [0.3, 0.4) is 0 Å². The Balaban J connectivity index is 1.66. The topological polar surface area (TPSA) is 76.9 Å². The summed E-state index contributed by atoms with van der Waals surface area (Å²) in [6.45, 7) is 4.02. The van der Waals surface area contributed by atoms with Crippen LogP contribution in [0.2, 0.25) is 5.02 Å². The summed E-state index contributed by atoms with van der Waals surface area (Å²) in [6, 6.07) is 22.1. The summed E-state index contributed by atoms with van der Waals surface area (Å²) in [7, 11) is -3.69. The third-order valence-corrected chi connectivity index (χ3v) is 7.69. The van der Waals surface area contributed by atoms with E-state index in [1.807, 2.05) is 35.8 Å². The van der Waals surface area contributed by atoms with Crippen LogP contribution in [0, 0.1) is 13.8 Å². The summed E-state index contributed by atoms with van der Waals surface area (Å²) >= 11 is 7.82. The molecule has 0 bridgehead atoms. The van der Waals surface area contributed by atoms with Gasteiger partial charge in [-0.3, -0.25) is 4.57 Å². The molecule has 0 atom stereocenters. The maximum Gasteiger partial charge on any atom is 0.240 e. The van der Waals surface area contributed by atoms with Gasteiger partial charge in [-0.25, -0.2) is 13.1 Å². The van der Waals surface area contributed by atoms with E-state index in [0.29, 0.717) is 21.8 Å². The van der Waals surface area contributed by atoms with Gasteiger partial charge in [0.15, 0.2) is 11.0 Å². The quantitative estimate of drug-likeness (QED) is 0.333. The van der Waals surface area contributed by atoms with E-state index >= 15 is 0 Å². The number of sulfonamides is 1. The Bertz CT molecular complexity index is 1370. The first-order valence-electron chi connectivity index (χ1n) is 10.3. The fourth-order valence-corrected chi connectivity index (χ4v) is 5.44. The minimum atomic E-state index is -3.69. The molecule has 0 unspecified atom stereocenters. The fourth-order valence-electron chi connectivity index (χ4n) is 3.37. The zero-order valence-corrected chi connectivity index (χ0v) is 20.6. The van der Waals surface area contributed by atoms with E-state index in [2.05, 4.69) is 40.0 Å². The minimum absolute atomic E-state index is 0.0127. The Morgan fingerprint density at radius 1 is 0.970 bits per heavy atom. The van der Waals surface area contributed by atoms with Crippen LogP contribution < -0.4 is 4.72 Å². The molecule has 4 aromatic rings. The predicted octanol–water partition coefficient (Wildman–Crippen LogP) is 5.31. The normalized spacial score (nSPS) is 11.6. The van der Waals surface area contributed by atoms with Gasteiger partial charge in [-0.2, -0.15) is 0 Å². The van der Waals surface area contributed by atoms with Crippen molar-refractivity contribution < 1.29 is 8.42 Å². The third-order valence-electron chi connectivity index (χ3n) is 5.04. The monoisotopic (exact) mass is 498 g/mol. The number of halogens is 1. The maximum atomic E-state index is 12.7. The van der Waals surface area contributed by atoms with Crippen molar-refractivity contribution in [3.05, 3.63) is 100 Å². The smallest absolute Gasteiger partial charge is 0.240 e. The average Bonchev–Trinajstić information content (AvgIpc) is 3.21. The van der Waals surface area contributed by atoms with Gasteiger partial charge in [0.25, 0.3) is 0 Å². The molecule has 0 aliphatic carbocycles. The Kier molecular flexibility index (Phi) is 7.19. The van der Waals surface area contributed by atoms with Crippen LogP contribution in [0.15, 0.2) is 82.8 Å². The molecule has 0 saturated carbocycles. The van der Waals surface area contributed by atoms with Crippen molar-refractivity contribution in [3.63, 3.8) is 0 Å². The lowest BCUT2D eigenvalue weighted by Crippen LogP contribution is -2.25. The molecule has 0 saturated heterocycles. The molecule has 1 heterocycles. The van der Waals surface area contributed by atoms with Crippen LogP contribution in [0.4, 0.5) is 0 Å². The molecule has 0 amide bonds. The number of rotatable bonds is 8. The molecule has 33 heavy (non-hydrogen) atoms.